The third kappa shape index (κ3) is 9.10. The number of carbonyl (C=O) groups excluding carboxylic acids is 2. The zero-order valence-electron chi connectivity index (χ0n) is 23.0. The van der Waals surface area contributed by atoms with Crippen LogP contribution in [0.1, 0.15) is 33.6 Å². The lowest BCUT2D eigenvalue weighted by Crippen LogP contribution is -2.52. The van der Waals surface area contributed by atoms with E-state index in [2.05, 4.69) is 40.5 Å². The maximum Gasteiger partial charge on any atom is 0.407 e. The molecule has 0 bridgehead atoms. The smallest absolute Gasteiger partial charge is 0.407 e. The van der Waals surface area contributed by atoms with E-state index >= 15 is 0 Å². The van der Waals surface area contributed by atoms with Gasteiger partial charge < -0.3 is 25.2 Å². The first-order valence-corrected chi connectivity index (χ1v) is 13.6. The van der Waals surface area contributed by atoms with Crippen molar-refractivity contribution in [1.29, 1.82) is 0 Å². The number of hydrogen-bond donors (Lipinski definition) is 2. The number of nitrogens with one attached hydrogen (secondary N) is 2. The molecule has 0 aliphatic carbocycles. The highest BCUT2D eigenvalue weighted by atomic mass is 19.1. The number of likely N-dealkylation sites (tertiary alicyclic amines) is 1. The summed E-state index contributed by atoms with van der Waals surface area (Å²) in [5.74, 6) is 0.287. The molecule has 0 atom stereocenters. The molecule has 2 N–H and O–H groups in total. The number of aromatic nitrogens is 3. The molecule has 1 aromatic carbocycles. The Morgan fingerprint density at radius 1 is 1.03 bits per heavy atom. The van der Waals surface area contributed by atoms with Crippen LogP contribution < -0.4 is 15.5 Å². The van der Waals surface area contributed by atoms with Crippen LogP contribution >= 0.6 is 0 Å². The molecule has 2 aliphatic rings. The minimum absolute atomic E-state index is 0.0460. The van der Waals surface area contributed by atoms with Crippen molar-refractivity contribution in [3.05, 3.63) is 36.3 Å². The van der Waals surface area contributed by atoms with Crippen LogP contribution in [-0.2, 0) is 9.53 Å². The molecule has 12 heteroatoms. The van der Waals surface area contributed by atoms with Gasteiger partial charge in [0.2, 0.25) is 11.9 Å². The number of piperazine rings is 1. The highest BCUT2D eigenvalue weighted by Crippen LogP contribution is 2.19. The number of amides is 2. The van der Waals surface area contributed by atoms with E-state index in [1.54, 1.807) is 18.3 Å². The number of anilines is 1. The molecule has 39 heavy (non-hydrogen) atoms. The van der Waals surface area contributed by atoms with Crippen LogP contribution in [0.5, 0.6) is 0 Å². The van der Waals surface area contributed by atoms with E-state index in [1.807, 2.05) is 20.8 Å². The maximum atomic E-state index is 13.2. The second kappa shape index (κ2) is 13.1. The second-order valence-corrected chi connectivity index (χ2v) is 11.0. The molecule has 2 aliphatic heterocycles. The predicted molar refractivity (Wildman–Crippen MR) is 146 cm³/mol. The number of alkyl carbamates (subject to hydrolysis) is 1. The van der Waals surface area contributed by atoms with Gasteiger partial charge in [-0.2, -0.15) is 5.10 Å². The molecule has 0 saturated carbocycles. The van der Waals surface area contributed by atoms with Crippen LogP contribution in [0.15, 0.2) is 30.5 Å². The van der Waals surface area contributed by atoms with E-state index in [1.165, 1.54) is 12.1 Å². The first kappa shape index (κ1) is 28.6. The van der Waals surface area contributed by atoms with Gasteiger partial charge in [-0.3, -0.25) is 9.69 Å². The van der Waals surface area contributed by atoms with Crippen molar-refractivity contribution in [3.63, 3.8) is 0 Å². The van der Waals surface area contributed by atoms with Crippen LogP contribution in [0, 0.1) is 5.82 Å². The summed E-state index contributed by atoms with van der Waals surface area (Å²) in [6.07, 6.45) is 2.96. The summed E-state index contributed by atoms with van der Waals surface area (Å²) in [5, 5.41) is 14.2. The molecular weight excluding hydrogens is 503 g/mol. The van der Waals surface area contributed by atoms with Crippen molar-refractivity contribution in [2.24, 2.45) is 0 Å². The van der Waals surface area contributed by atoms with Crippen molar-refractivity contribution in [3.8, 4) is 11.3 Å². The zero-order chi connectivity index (χ0) is 27.8. The first-order valence-electron chi connectivity index (χ1n) is 13.6. The SMILES string of the molecule is CC(C)(C)OC(=O)NCCN1CCC(NC(=O)CN2CCN(c3nncc(-c4ccc(F)cc4)n3)CC2)CC1. The number of hydrogen-bond acceptors (Lipinski definition) is 9. The summed E-state index contributed by atoms with van der Waals surface area (Å²) in [4.78, 5) is 35.6. The first-order chi connectivity index (χ1) is 18.6. The highest BCUT2D eigenvalue weighted by molar-refractivity contribution is 5.78. The normalized spacial score (nSPS) is 17.6. The molecule has 0 radical (unpaired) electrons. The lowest BCUT2D eigenvalue weighted by atomic mass is 10.1. The van der Waals surface area contributed by atoms with E-state index < -0.39 is 11.7 Å². The van der Waals surface area contributed by atoms with Gasteiger partial charge in [0.15, 0.2) is 0 Å². The zero-order valence-corrected chi connectivity index (χ0v) is 23.0. The number of benzene rings is 1. The van der Waals surface area contributed by atoms with Crippen molar-refractivity contribution in [2.45, 2.75) is 45.3 Å². The monoisotopic (exact) mass is 542 g/mol. The topological polar surface area (TPSA) is 116 Å². The number of piperidine rings is 1. The minimum Gasteiger partial charge on any atom is -0.444 e. The fraction of sp³-hybridized carbons (Fsp3) is 0.593. The average Bonchev–Trinajstić information content (AvgIpc) is 2.89. The second-order valence-electron chi connectivity index (χ2n) is 11.0. The summed E-state index contributed by atoms with van der Waals surface area (Å²) in [7, 11) is 0. The molecule has 212 valence electrons. The number of nitrogens with zero attached hydrogens (tertiary/aromatic N) is 6. The van der Waals surface area contributed by atoms with Gasteiger partial charge in [-0.25, -0.2) is 14.2 Å². The van der Waals surface area contributed by atoms with E-state index in [-0.39, 0.29) is 17.8 Å². The molecule has 4 rings (SSSR count). The molecule has 11 nitrogen and oxygen atoms in total. The standard InChI is InChI=1S/C27H39FN8O3/c1-27(2,3)39-26(38)29-10-13-34-11-8-22(9-12-34)31-24(37)19-35-14-16-36(17-15-35)25-32-23(18-30-33-25)20-4-6-21(28)7-5-20/h4-7,18,22H,8-17,19H2,1-3H3,(H,29,38)(H,31,37). The Balaban J connectivity index is 1.13. The van der Waals surface area contributed by atoms with E-state index in [0.717, 1.165) is 51.1 Å². The number of ether oxygens (including phenoxy) is 1. The number of carbonyl (C=O) groups is 2. The Labute approximate surface area is 229 Å². The summed E-state index contributed by atoms with van der Waals surface area (Å²) >= 11 is 0. The predicted octanol–water partition coefficient (Wildman–Crippen LogP) is 1.91. The molecule has 2 fully saturated rings. The van der Waals surface area contributed by atoms with Gasteiger partial charge in [0, 0.05) is 64.0 Å². The Bertz CT molecular complexity index is 1090. The molecule has 2 amide bonds. The number of rotatable bonds is 8. The molecule has 1 aromatic heterocycles. The van der Waals surface area contributed by atoms with Crippen LogP contribution in [0.3, 0.4) is 0 Å². The summed E-state index contributed by atoms with van der Waals surface area (Å²) in [6.45, 7) is 11.8. The van der Waals surface area contributed by atoms with Gasteiger partial charge in [0.25, 0.3) is 0 Å². The lowest BCUT2D eigenvalue weighted by Gasteiger charge is -2.35. The third-order valence-corrected chi connectivity index (χ3v) is 6.76. The third-order valence-electron chi connectivity index (χ3n) is 6.76. The molecule has 2 aromatic rings. The molecular formula is C27H39FN8O3. The van der Waals surface area contributed by atoms with Gasteiger partial charge in [0.1, 0.15) is 11.4 Å². The van der Waals surface area contributed by atoms with Gasteiger partial charge in [-0.1, -0.05) is 0 Å². The van der Waals surface area contributed by atoms with Crippen LogP contribution in [0.2, 0.25) is 0 Å². The van der Waals surface area contributed by atoms with E-state index in [0.29, 0.717) is 37.8 Å². The quantitative estimate of drug-likeness (QED) is 0.516. The van der Waals surface area contributed by atoms with Gasteiger partial charge in [-0.05, 0) is 57.9 Å². The summed E-state index contributed by atoms with van der Waals surface area (Å²) < 4.78 is 18.5. The fourth-order valence-electron chi connectivity index (χ4n) is 4.70. The molecule has 2 saturated heterocycles. The lowest BCUT2D eigenvalue weighted by molar-refractivity contribution is -0.123. The Morgan fingerprint density at radius 2 is 1.72 bits per heavy atom. The molecule has 3 heterocycles. The Hall–Kier alpha value is -3.38. The maximum absolute atomic E-state index is 13.2. The van der Waals surface area contributed by atoms with Gasteiger partial charge in [0.05, 0.1) is 18.4 Å². The Kier molecular flexibility index (Phi) is 9.63. The van der Waals surface area contributed by atoms with Crippen LogP contribution in [0.4, 0.5) is 15.1 Å². The average molecular weight is 543 g/mol. The van der Waals surface area contributed by atoms with Gasteiger partial charge in [-0.15, -0.1) is 5.10 Å². The summed E-state index contributed by atoms with van der Waals surface area (Å²) in [5.41, 5.74) is 0.927. The van der Waals surface area contributed by atoms with Crippen molar-refractivity contribution < 1.29 is 18.7 Å². The van der Waals surface area contributed by atoms with Gasteiger partial charge >= 0.3 is 6.09 Å². The van der Waals surface area contributed by atoms with Crippen molar-refractivity contribution >= 4 is 17.9 Å². The van der Waals surface area contributed by atoms with E-state index in [9.17, 15) is 14.0 Å². The fourth-order valence-corrected chi connectivity index (χ4v) is 4.70. The largest absolute Gasteiger partial charge is 0.444 e. The molecule has 0 unspecified atom stereocenters. The van der Waals surface area contributed by atoms with Crippen LogP contribution in [0.25, 0.3) is 11.3 Å². The van der Waals surface area contributed by atoms with Crippen molar-refractivity contribution in [1.82, 2.24) is 35.6 Å². The minimum atomic E-state index is -0.502. The molecule has 0 spiro atoms. The van der Waals surface area contributed by atoms with Crippen molar-refractivity contribution in [2.75, 3.05) is 63.8 Å². The highest BCUT2D eigenvalue weighted by Gasteiger charge is 2.24. The summed E-state index contributed by atoms with van der Waals surface area (Å²) in [6, 6.07) is 6.32. The van der Waals surface area contributed by atoms with E-state index in [4.69, 9.17) is 4.74 Å². The number of halogens is 1. The Morgan fingerprint density at radius 3 is 2.38 bits per heavy atom. The van der Waals surface area contributed by atoms with Crippen LogP contribution in [-0.4, -0.2) is 108 Å².